The first kappa shape index (κ1) is 24.5. The third-order valence-corrected chi connectivity index (χ3v) is 5.96. The van der Waals surface area contributed by atoms with Crippen molar-refractivity contribution in [3.05, 3.63) is 23.4 Å². The molecule has 2 aliphatic rings. The van der Waals surface area contributed by atoms with E-state index in [0.29, 0.717) is 12.0 Å². The fourth-order valence-corrected chi connectivity index (χ4v) is 4.36. The molecule has 3 heterocycles. The number of hydrogen-bond donors (Lipinski definition) is 2. The second-order valence-corrected chi connectivity index (χ2v) is 8.30. The van der Waals surface area contributed by atoms with E-state index in [-0.39, 0.29) is 24.0 Å². The number of nitrogens with one attached hydrogen (secondary N) is 2. The van der Waals surface area contributed by atoms with E-state index in [9.17, 15) is 0 Å². The molecule has 2 aliphatic heterocycles. The van der Waals surface area contributed by atoms with Gasteiger partial charge in [0.2, 0.25) is 0 Å². The Bertz CT molecular complexity index is 635. The van der Waals surface area contributed by atoms with Crippen LogP contribution in [0.1, 0.15) is 39.5 Å². The third-order valence-electron chi connectivity index (χ3n) is 5.67. The van der Waals surface area contributed by atoms with Crippen LogP contribution in [-0.4, -0.2) is 67.7 Å². The molecule has 29 heavy (non-hydrogen) atoms. The van der Waals surface area contributed by atoms with Crippen LogP contribution in [0.25, 0.3) is 0 Å². The van der Waals surface area contributed by atoms with E-state index in [1.807, 2.05) is 12.1 Å². The van der Waals surface area contributed by atoms with E-state index in [1.54, 1.807) is 6.20 Å². The van der Waals surface area contributed by atoms with Crippen molar-refractivity contribution < 1.29 is 0 Å². The van der Waals surface area contributed by atoms with E-state index in [0.717, 1.165) is 49.4 Å². The SMILES string of the molecule is CCCN1CCC(CN=C(NCC)NC2CCN(c3ncccc3Cl)C2)CC1.I. The monoisotopic (exact) mass is 534 g/mol. The van der Waals surface area contributed by atoms with E-state index >= 15 is 0 Å². The molecule has 0 spiro atoms. The summed E-state index contributed by atoms with van der Waals surface area (Å²) in [6.45, 7) is 11.7. The number of aliphatic imine (C=N–C) groups is 1. The number of piperidine rings is 1. The van der Waals surface area contributed by atoms with Crippen LogP contribution in [0.3, 0.4) is 0 Å². The summed E-state index contributed by atoms with van der Waals surface area (Å²) in [6.07, 6.45) is 6.64. The zero-order chi connectivity index (χ0) is 19.8. The average Bonchev–Trinajstić information content (AvgIpc) is 3.16. The minimum absolute atomic E-state index is 0. The zero-order valence-electron chi connectivity index (χ0n) is 17.7. The highest BCUT2D eigenvalue weighted by molar-refractivity contribution is 14.0. The molecule has 0 aliphatic carbocycles. The maximum atomic E-state index is 6.31. The van der Waals surface area contributed by atoms with Crippen LogP contribution in [-0.2, 0) is 0 Å². The topological polar surface area (TPSA) is 55.8 Å². The molecule has 2 fully saturated rings. The summed E-state index contributed by atoms with van der Waals surface area (Å²) in [4.78, 5) is 14.2. The Kier molecular flexibility index (Phi) is 10.8. The summed E-state index contributed by atoms with van der Waals surface area (Å²) >= 11 is 6.31. The molecule has 0 saturated carbocycles. The molecule has 0 bridgehead atoms. The predicted molar refractivity (Wildman–Crippen MR) is 134 cm³/mol. The average molecular weight is 535 g/mol. The number of rotatable bonds is 7. The molecule has 164 valence electrons. The molecular formula is C21H36ClIN6. The molecule has 2 N–H and O–H groups in total. The first-order chi connectivity index (χ1) is 13.7. The van der Waals surface area contributed by atoms with Gasteiger partial charge in [-0.15, -0.1) is 24.0 Å². The number of nitrogens with zero attached hydrogens (tertiary/aromatic N) is 4. The van der Waals surface area contributed by atoms with E-state index < -0.39 is 0 Å². The van der Waals surface area contributed by atoms with Gasteiger partial charge in [-0.3, -0.25) is 4.99 Å². The van der Waals surface area contributed by atoms with E-state index in [4.69, 9.17) is 16.6 Å². The number of likely N-dealkylation sites (tertiary alicyclic amines) is 1. The van der Waals surface area contributed by atoms with Crippen molar-refractivity contribution in [3.8, 4) is 0 Å². The number of aromatic nitrogens is 1. The second kappa shape index (κ2) is 12.8. The fraction of sp³-hybridized carbons (Fsp3) is 0.714. The number of guanidine groups is 1. The first-order valence-corrected chi connectivity index (χ1v) is 11.2. The first-order valence-electron chi connectivity index (χ1n) is 10.8. The molecule has 1 aromatic rings. The predicted octanol–water partition coefficient (Wildman–Crippen LogP) is 3.61. The largest absolute Gasteiger partial charge is 0.357 e. The Balaban J connectivity index is 0.00000300. The summed E-state index contributed by atoms with van der Waals surface area (Å²) in [5.74, 6) is 2.53. The summed E-state index contributed by atoms with van der Waals surface area (Å²) in [5.41, 5.74) is 0. The lowest BCUT2D eigenvalue weighted by Gasteiger charge is -2.31. The van der Waals surface area contributed by atoms with Crippen LogP contribution in [0.15, 0.2) is 23.3 Å². The van der Waals surface area contributed by atoms with Crippen molar-refractivity contribution in [2.45, 2.75) is 45.6 Å². The van der Waals surface area contributed by atoms with E-state index in [1.165, 1.54) is 38.9 Å². The Labute approximate surface area is 197 Å². The highest BCUT2D eigenvalue weighted by Crippen LogP contribution is 2.25. The van der Waals surface area contributed by atoms with Gasteiger partial charge in [-0.1, -0.05) is 18.5 Å². The summed E-state index contributed by atoms with van der Waals surface area (Å²) < 4.78 is 0. The molecular weight excluding hydrogens is 499 g/mol. The molecule has 1 aromatic heterocycles. The number of pyridine rings is 1. The van der Waals surface area contributed by atoms with Gasteiger partial charge in [-0.25, -0.2) is 4.98 Å². The lowest BCUT2D eigenvalue weighted by atomic mass is 9.97. The molecule has 1 unspecified atom stereocenters. The maximum Gasteiger partial charge on any atom is 0.191 e. The van der Waals surface area contributed by atoms with Gasteiger partial charge in [0.15, 0.2) is 5.96 Å². The molecule has 8 heteroatoms. The van der Waals surface area contributed by atoms with Crippen LogP contribution in [0.5, 0.6) is 0 Å². The maximum absolute atomic E-state index is 6.31. The van der Waals surface area contributed by atoms with Crippen molar-refractivity contribution in [1.82, 2.24) is 20.5 Å². The lowest BCUT2D eigenvalue weighted by Crippen LogP contribution is -2.45. The normalized spacial score (nSPS) is 21.1. The van der Waals surface area contributed by atoms with Gasteiger partial charge in [0.1, 0.15) is 5.82 Å². The van der Waals surface area contributed by atoms with Gasteiger partial charge in [-0.05, 0) is 70.3 Å². The van der Waals surface area contributed by atoms with Crippen LogP contribution in [0.2, 0.25) is 5.02 Å². The summed E-state index contributed by atoms with van der Waals surface area (Å²) in [6, 6.07) is 4.14. The Morgan fingerprint density at radius 1 is 1.24 bits per heavy atom. The third kappa shape index (κ3) is 7.43. The number of halogens is 2. The van der Waals surface area contributed by atoms with Crippen molar-refractivity contribution in [2.75, 3.05) is 50.7 Å². The second-order valence-electron chi connectivity index (χ2n) is 7.89. The van der Waals surface area contributed by atoms with Gasteiger partial charge in [0, 0.05) is 38.4 Å². The van der Waals surface area contributed by atoms with Crippen molar-refractivity contribution in [3.63, 3.8) is 0 Å². The minimum Gasteiger partial charge on any atom is -0.357 e. The van der Waals surface area contributed by atoms with Gasteiger partial charge in [-0.2, -0.15) is 0 Å². The Morgan fingerprint density at radius 2 is 2.03 bits per heavy atom. The number of anilines is 1. The molecule has 6 nitrogen and oxygen atoms in total. The molecule has 2 saturated heterocycles. The van der Waals surface area contributed by atoms with Gasteiger partial charge in [0.05, 0.1) is 5.02 Å². The van der Waals surface area contributed by atoms with E-state index in [2.05, 4.69) is 39.3 Å². The van der Waals surface area contributed by atoms with Crippen LogP contribution in [0, 0.1) is 5.92 Å². The lowest BCUT2D eigenvalue weighted by molar-refractivity contribution is 0.188. The zero-order valence-corrected chi connectivity index (χ0v) is 20.8. The molecule has 0 radical (unpaired) electrons. The van der Waals surface area contributed by atoms with Gasteiger partial charge < -0.3 is 20.4 Å². The Morgan fingerprint density at radius 3 is 2.72 bits per heavy atom. The fourth-order valence-electron chi connectivity index (χ4n) is 4.12. The molecule has 3 rings (SSSR count). The number of hydrogen-bond acceptors (Lipinski definition) is 4. The van der Waals surface area contributed by atoms with Crippen molar-refractivity contribution >= 4 is 47.4 Å². The van der Waals surface area contributed by atoms with Crippen molar-refractivity contribution in [1.29, 1.82) is 0 Å². The minimum atomic E-state index is 0. The van der Waals surface area contributed by atoms with Crippen LogP contribution < -0.4 is 15.5 Å². The highest BCUT2D eigenvalue weighted by Gasteiger charge is 2.25. The molecule has 0 aromatic carbocycles. The van der Waals surface area contributed by atoms with Crippen LogP contribution in [0.4, 0.5) is 5.82 Å². The van der Waals surface area contributed by atoms with Crippen molar-refractivity contribution in [2.24, 2.45) is 10.9 Å². The highest BCUT2D eigenvalue weighted by atomic mass is 127. The Hall–Kier alpha value is -0.800. The van der Waals surface area contributed by atoms with Crippen LogP contribution >= 0.6 is 35.6 Å². The smallest absolute Gasteiger partial charge is 0.191 e. The summed E-state index contributed by atoms with van der Waals surface area (Å²) in [5, 5.41) is 7.75. The summed E-state index contributed by atoms with van der Waals surface area (Å²) in [7, 11) is 0. The van der Waals surface area contributed by atoms with Gasteiger partial charge in [0.25, 0.3) is 0 Å². The molecule has 1 atom stereocenters. The quantitative estimate of drug-likeness (QED) is 0.318. The molecule has 0 amide bonds. The van der Waals surface area contributed by atoms with Gasteiger partial charge >= 0.3 is 0 Å². The standard InChI is InChI=1S/C21H35ClN6.HI/c1-3-11-27-12-7-17(8-13-27)15-25-21(23-4-2)26-18-9-14-28(16-18)20-19(22)6-5-10-24-20;/h5-6,10,17-18H,3-4,7-9,11-16H2,1-2H3,(H2,23,25,26);1H.